The van der Waals surface area contributed by atoms with Gasteiger partial charge in [0.15, 0.2) is 11.2 Å². The van der Waals surface area contributed by atoms with E-state index in [1.807, 2.05) is 6.92 Å². The summed E-state index contributed by atoms with van der Waals surface area (Å²) in [4.78, 5) is 36.7. The number of aryl methyl sites for hydroxylation is 1. The molecule has 1 aliphatic rings. The molecule has 23 heavy (non-hydrogen) atoms. The number of H-pyrrole nitrogens is 1. The van der Waals surface area contributed by atoms with Crippen LogP contribution in [0.25, 0.3) is 11.2 Å². The van der Waals surface area contributed by atoms with Gasteiger partial charge in [-0.2, -0.15) is 0 Å². The first-order valence-electron chi connectivity index (χ1n) is 8.07. The van der Waals surface area contributed by atoms with Crippen molar-refractivity contribution < 1.29 is 4.79 Å². The van der Waals surface area contributed by atoms with Gasteiger partial charge >= 0.3 is 0 Å². The van der Waals surface area contributed by atoms with Crippen molar-refractivity contribution in [3.8, 4) is 0 Å². The van der Waals surface area contributed by atoms with E-state index in [0.717, 1.165) is 13.1 Å². The molecule has 0 aromatic carbocycles. The van der Waals surface area contributed by atoms with Crippen molar-refractivity contribution in [3.63, 3.8) is 0 Å². The third kappa shape index (κ3) is 3.58. The number of fused-ring (bicyclic) bond motifs is 1. The number of carbonyl (C=O) groups excluding carboxylic acids is 1. The van der Waals surface area contributed by atoms with Gasteiger partial charge < -0.3 is 14.9 Å². The molecule has 0 aliphatic carbocycles. The van der Waals surface area contributed by atoms with Gasteiger partial charge in [0.2, 0.25) is 5.91 Å². The highest BCUT2D eigenvalue weighted by molar-refractivity contribution is 5.76. The van der Waals surface area contributed by atoms with Gasteiger partial charge in [0.05, 0.1) is 18.8 Å². The highest BCUT2D eigenvalue weighted by Crippen LogP contribution is 2.11. The number of aromatic nitrogens is 4. The molecule has 3 heterocycles. The first-order valence-corrected chi connectivity index (χ1v) is 8.07. The fourth-order valence-corrected chi connectivity index (χ4v) is 2.98. The molecule has 0 radical (unpaired) electrons. The second-order valence-electron chi connectivity index (χ2n) is 5.93. The van der Waals surface area contributed by atoms with E-state index in [4.69, 9.17) is 0 Å². The van der Waals surface area contributed by atoms with Crippen LogP contribution in [0.1, 0.15) is 32.6 Å². The highest BCUT2D eigenvalue weighted by atomic mass is 16.1. The maximum absolute atomic E-state index is 12.1. The van der Waals surface area contributed by atoms with Crippen molar-refractivity contribution in [2.75, 3.05) is 13.1 Å². The first-order chi connectivity index (χ1) is 11.1. The summed E-state index contributed by atoms with van der Waals surface area (Å²) in [5.74, 6) is -0.00485. The lowest BCUT2D eigenvalue weighted by Crippen LogP contribution is -2.48. The summed E-state index contributed by atoms with van der Waals surface area (Å²) in [6.07, 6.45) is 6.96. The Morgan fingerprint density at radius 2 is 2.13 bits per heavy atom. The van der Waals surface area contributed by atoms with Crippen LogP contribution in [0.4, 0.5) is 0 Å². The van der Waals surface area contributed by atoms with Gasteiger partial charge in [-0.15, -0.1) is 0 Å². The number of rotatable bonds is 5. The van der Waals surface area contributed by atoms with E-state index in [1.54, 1.807) is 10.9 Å². The number of imidazole rings is 1. The standard InChI is InChI=1S/C15H22N6O2/c1-11(20-6-3-2-4-7-20)19-12(22)5-8-21-10-18-13-14(21)16-9-17-15(13)23/h9-11H,2-8H2,1H3,(H,19,22)(H,16,17,23). The number of hydrogen-bond acceptors (Lipinski definition) is 5. The van der Waals surface area contributed by atoms with E-state index in [0.29, 0.717) is 24.1 Å². The molecule has 1 fully saturated rings. The number of nitrogens with one attached hydrogen (secondary N) is 2. The Labute approximate surface area is 133 Å². The van der Waals surface area contributed by atoms with E-state index < -0.39 is 0 Å². The molecule has 1 amide bonds. The fraction of sp³-hybridized carbons (Fsp3) is 0.600. The normalized spacial score (nSPS) is 17.3. The van der Waals surface area contributed by atoms with Crippen molar-refractivity contribution in [2.45, 2.75) is 45.3 Å². The Balaban J connectivity index is 1.55. The predicted molar refractivity (Wildman–Crippen MR) is 85.8 cm³/mol. The van der Waals surface area contributed by atoms with E-state index in [9.17, 15) is 9.59 Å². The molecule has 8 nitrogen and oxygen atoms in total. The molecule has 0 spiro atoms. The van der Waals surface area contributed by atoms with Crippen LogP contribution < -0.4 is 10.9 Å². The summed E-state index contributed by atoms with van der Waals surface area (Å²) >= 11 is 0. The quantitative estimate of drug-likeness (QED) is 0.835. The summed E-state index contributed by atoms with van der Waals surface area (Å²) in [7, 11) is 0. The van der Waals surface area contributed by atoms with Gasteiger partial charge in [-0.1, -0.05) is 6.42 Å². The zero-order valence-corrected chi connectivity index (χ0v) is 13.3. The Morgan fingerprint density at radius 3 is 2.91 bits per heavy atom. The van der Waals surface area contributed by atoms with Crippen LogP contribution in [0.3, 0.4) is 0 Å². The Morgan fingerprint density at radius 1 is 1.35 bits per heavy atom. The minimum atomic E-state index is -0.267. The topological polar surface area (TPSA) is 95.9 Å². The lowest BCUT2D eigenvalue weighted by molar-refractivity contribution is -0.123. The number of likely N-dealkylation sites (tertiary alicyclic amines) is 1. The SMILES string of the molecule is CC(NC(=O)CCn1cnc2c(=O)[nH]cnc21)N1CCCCC1. The second-order valence-corrected chi connectivity index (χ2v) is 5.93. The summed E-state index contributed by atoms with van der Waals surface area (Å²) in [6, 6.07) is 0. The van der Waals surface area contributed by atoms with Gasteiger partial charge in [-0.05, 0) is 19.8 Å². The minimum Gasteiger partial charge on any atom is -0.341 e. The minimum absolute atomic E-state index is 0.00485. The van der Waals surface area contributed by atoms with Crippen molar-refractivity contribution in [2.24, 2.45) is 0 Å². The number of hydrogen-bond donors (Lipinski definition) is 2. The van der Waals surface area contributed by atoms with Crippen molar-refractivity contribution >= 4 is 17.1 Å². The molecule has 1 aliphatic heterocycles. The molecule has 1 atom stereocenters. The number of piperidine rings is 1. The first kappa shape index (κ1) is 15.7. The zero-order valence-electron chi connectivity index (χ0n) is 13.3. The molecular formula is C15H22N6O2. The predicted octanol–water partition coefficient (Wildman–Crippen LogP) is 0.458. The Bertz CT molecular complexity index is 731. The van der Waals surface area contributed by atoms with Gasteiger partial charge in [0, 0.05) is 26.1 Å². The van der Waals surface area contributed by atoms with Crippen LogP contribution in [-0.4, -0.2) is 49.6 Å². The maximum Gasteiger partial charge on any atom is 0.278 e. The van der Waals surface area contributed by atoms with Crippen LogP contribution >= 0.6 is 0 Å². The van der Waals surface area contributed by atoms with Crippen LogP contribution in [0.5, 0.6) is 0 Å². The maximum atomic E-state index is 12.1. The smallest absolute Gasteiger partial charge is 0.278 e. The summed E-state index contributed by atoms with van der Waals surface area (Å²) < 4.78 is 1.73. The van der Waals surface area contributed by atoms with Crippen LogP contribution in [0.15, 0.2) is 17.4 Å². The van der Waals surface area contributed by atoms with Crippen LogP contribution in [0, 0.1) is 0 Å². The van der Waals surface area contributed by atoms with E-state index in [-0.39, 0.29) is 17.6 Å². The fourth-order valence-electron chi connectivity index (χ4n) is 2.98. The van der Waals surface area contributed by atoms with E-state index in [1.165, 1.54) is 25.6 Å². The van der Waals surface area contributed by atoms with Gasteiger partial charge in [-0.25, -0.2) is 9.97 Å². The molecule has 8 heteroatoms. The van der Waals surface area contributed by atoms with Gasteiger partial charge in [0.25, 0.3) is 5.56 Å². The lowest BCUT2D eigenvalue weighted by atomic mass is 10.1. The number of amides is 1. The van der Waals surface area contributed by atoms with Gasteiger partial charge in [0.1, 0.15) is 0 Å². The average Bonchev–Trinajstić information content (AvgIpc) is 2.98. The monoisotopic (exact) mass is 318 g/mol. The molecule has 2 aromatic rings. The van der Waals surface area contributed by atoms with Crippen LogP contribution in [-0.2, 0) is 11.3 Å². The largest absolute Gasteiger partial charge is 0.341 e. The number of aromatic amines is 1. The van der Waals surface area contributed by atoms with Crippen molar-refractivity contribution in [1.82, 2.24) is 29.7 Å². The van der Waals surface area contributed by atoms with E-state index >= 15 is 0 Å². The average molecular weight is 318 g/mol. The molecule has 1 saturated heterocycles. The molecule has 0 bridgehead atoms. The highest BCUT2D eigenvalue weighted by Gasteiger charge is 2.18. The molecule has 2 N–H and O–H groups in total. The third-order valence-electron chi connectivity index (χ3n) is 4.30. The summed E-state index contributed by atoms with van der Waals surface area (Å²) in [5, 5.41) is 3.04. The molecule has 124 valence electrons. The van der Waals surface area contributed by atoms with Crippen molar-refractivity contribution in [3.05, 3.63) is 23.0 Å². The summed E-state index contributed by atoms with van der Waals surface area (Å²) in [5.41, 5.74) is 0.539. The third-order valence-corrected chi connectivity index (χ3v) is 4.30. The number of carbonyl (C=O) groups is 1. The van der Waals surface area contributed by atoms with Crippen LogP contribution in [0.2, 0.25) is 0 Å². The van der Waals surface area contributed by atoms with Crippen molar-refractivity contribution in [1.29, 1.82) is 0 Å². The Kier molecular flexibility index (Phi) is 4.71. The second kappa shape index (κ2) is 6.91. The zero-order chi connectivity index (χ0) is 16.2. The summed E-state index contributed by atoms with van der Waals surface area (Å²) in [6.45, 7) is 4.56. The molecular weight excluding hydrogens is 296 g/mol. The lowest BCUT2D eigenvalue weighted by Gasteiger charge is -2.32. The molecule has 0 saturated carbocycles. The molecule has 2 aromatic heterocycles. The molecule has 3 rings (SSSR count). The van der Waals surface area contributed by atoms with E-state index in [2.05, 4.69) is 25.2 Å². The molecule has 1 unspecified atom stereocenters. The number of nitrogens with zero attached hydrogens (tertiary/aromatic N) is 4. The van der Waals surface area contributed by atoms with Gasteiger partial charge in [-0.3, -0.25) is 14.5 Å². The Hall–Kier alpha value is -2.22.